The molecule has 1 aromatic carbocycles. The van der Waals surface area contributed by atoms with E-state index in [0.29, 0.717) is 0 Å². The molecule has 3 N–H and O–H groups in total. The van der Waals surface area contributed by atoms with Crippen LogP contribution in [0.25, 0.3) is 0 Å². The third kappa shape index (κ3) is 4.71. The lowest BCUT2D eigenvalue weighted by atomic mass is 10.3. The highest BCUT2D eigenvalue weighted by Gasteiger charge is 2.11. The van der Waals surface area contributed by atoms with E-state index >= 15 is 0 Å². The molecule has 0 saturated carbocycles. The molecule has 6 nitrogen and oxygen atoms in total. The maximum absolute atomic E-state index is 13.0. The third-order valence-electron chi connectivity index (χ3n) is 2.19. The predicted molar refractivity (Wildman–Crippen MR) is 66.3 cm³/mol. The first-order valence-electron chi connectivity index (χ1n) is 5.82. The molecule has 0 heterocycles. The number of phenolic OH excluding ortho intramolecular Hbond substituents is 1. The molecule has 0 atom stereocenters. The monoisotopic (exact) mass is 288 g/mol. The van der Waals surface area contributed by atoms with Gasteiger partial charge in [0.1, 0.15) is 0 Å². The fraction of sp³-hybridized carbons (Fsp3) is 0.333. The summed E-state index contributed by atoms with van der Waals surface area (Å²) in [6.45, 7) is 1.93. The highest BCUT2D eigenvalue weighted by molar-refractivity contribution is 5.89. The number of hydrogen-bond acceptors (Lipinski definition) is 4. The summed E-state index contributed by atoms with van der Waals surface area (Å²) in [5.41, 5.74) is -0.161. The number of hydrogen-bond donors (Lipinski definition) is 3. The minimum Gasteiger partial charge on any atom is -0.503 e. The molecule has 0 fully saturated rings. The van der Waals surface area contributed by atoms with Gasteiger partial charge in [0.2, 0.25) is 0 Å². The van der Waals surface area contributed by atoms with Crippen molar-refractivity contribution in [2.45, 2.75) is 13.3 Å². The fourth-order valence-electron chi connectivity index (χ4n) is 1.32. The smallest absolute Gasteiger partial charge is 0.319 e. The Morgan fingerprint density at radius 3 is 2.45 bits per heavy atom. The van der Waals surface area contributed by atoms with Gasteiger partial charge in [-0.05, 0) is 6.92 Å². The molecule has 20 heavy (non-hydrogen) atoms. The number of carbonyl (C=O) groups excluding carboxylic acids is 2. The summed E-state index contributed by atoms with van der Waals surface area (Å²) in [6.07, 6.45) is -0.0143. The Hall–Kier alpha value is -2.38. The highest BCUT2D eigenvalue weighted by Crippen LogP contribution is 2.23. The Labute approximate surface area is 113 Å². The second kappa shape index (κ2) is 7.27. The molecule has 2 amide bonds. The molecular formula is C12H14F2N2O4. The number of benzene rings is 1. The first-order chi connectivity index (χ1) is 9.43. The van der Waals surface area contributed by atoms with Gasteiger partial charge in [-0.2, -0.15) is 0 Å². The second-order valence-electron chi connectivity index (χ2n) is 3.72. The largest absolute Gasteiger partial charge is 0.503 e. The van der Waals surface area contributed by atoms with E-state index in [4.69, 9.17) is 5.11 Å². The van der Waals surface area contributed by atoms with Crippen LogP contribution in [-0.4, -0.2) is 30.3 Å². The van der Waals surface area contributed by atoms with E-state index in [1.807, 2.05) is 0 Å². The van der Waals surface area contributed by atoms with Crippen LogP contribution in [0.2, 0.25) is 0 Å². The Bertz CT molecular complexity index is 485. The molecule has 0 radical (unpaired) electrons. The minimum absolute atomic E-state index is 0.0143. The topological polar surface area (TPSA) is 87.7 Å². The van der Waals surface area contributed by atoms with Crippen LogP contribution in [0.1, 0.15) is 13.3 Å². The lowest BCUT2D eigenvalue weighted by molar-refractivity contribution is -0.142. The van der Waals surface area contributed by atoms with Crippen molar-refractivity contribution in [3.8, 4) is 5.75 Å². The summed E-state index contributed by atoms with van der Waals surface area (Å²) in [4.78, 5) is 22.4. The average molecular weight is 288 g/mol. The molecule has 0 bridgehead atoms. The summed E-state index contributed by atoms with van der Waals surface area (Å²) in [5, 5.41) is 13.4. The first-order valence-corrected chi connectivity index (χ1v) is 5.82. The predicted octanol–water partition coefficient (Wildman–Crippen LogP) is 1.75. The maximum Gasteiger partial charge on any atom is 0.319 e. The van der Waals surface area contributed by atoms with Crippen molar-refractivity contribution in [1.82, 2.24) is 5.32 Å². The number of ether oxygens (including phenoxy) is 1. The Kier molecular flexibility index (Phi) is 5.70. The normalized spacial score (nSPS) is 9.95. The number of anilines is 1. The van der Waals surface area contributed by atoms with Gasteiger partial charge in [0, 0.05) is 24.4 Å². The number of nitrogens with one attached hydrogen (secondary N) is 2. The SMILES string of the molecule is CCOC(=O)CCNC(=O)Nc1cc(F)c(O)c(F)c1. The Morgan fingerprint density at radius 2 is 1.90 bits per heavy atom. The molecule has 110 valence electrons. The lowest BCUT2D eigenvalue weighted by Gasteiger charge is -2.08. The molecule has 0 saturated heterocycles. The maximum atomic E-state index is 13.0. The van der Waals surface area contributed by atoms with E-state index in [1.165, 1.54) is 0 Å². The third-order valence-corrected chi connectivity index (χ3v) is 2.19. The van der Waals surface area contributed by atoms with Crippen molar-refractivity contribution in [1.29, 1.82) is 0 Å². The van der Waals surface area contributed by atoms with Crippen LogP contribution in [-0.2, 0) is 9.53 Å². The standard InChI is InChI=1S/C12H14F2N2O4/c1-2-20-10(17)3-4-15-12(19)16-7-5-8(13)11(18)9(14)6-7/h5-6,18H,2-4H2,1H3,(H2,15,16,19). The Morgan fingerprint density at radius 1 is 1.30 bits per heavy atom. The van der Waals surface area contributed by atoms with Crippen LogP contribution in [0.3, 0.4) is 0 Å². The molecule has 0 aliphatic heterocycles. The van der Waals surface area contributed by atoms with E-state index in [9.17, 15) is 18.4 Å². The summed E-state index contributed by atoms with van der Waals surface area (Å²) < 4.78 is 30.7. The summed E-state index contributed by atoms with van der Waals surface area (Å²) >= 11 is 0. The number of halogens is 2. The van der Waals surface area contributed by atoms with E-state index in [-0.39, 0.29) is 25.3 Å². The van der Waals surface area contributed by atoms with Gasteiger partial charge in [-0.3, -0.25) is 4.79 Å². The zero-order valence-corrected chi connectivity index (χ0v) is 10.7. The van der Waals surface area contributed by atoms with Crippen molar-refractivity contribution in [3.63, 3.8) is 0 Å². The summed E-state index contributed by atoms with van der Waals surface area (Å²) in [6, 6.07) is 0.797. The van der Waals surface area contributed by atoms with Crippen LogP contribution in [0, 0.1) is 11.6 Å². The van der Waals surface area contributed by atoms with Gasteiger partial charge < -0.3 is 20.5 Å². The average Bonchev–Trinajstić information content (AvgIpc) is 2.36. The zero-order valence-electron chi connectivity index (χ0n) is 10.7. The molecule has 0 spiro atoms. The van der Waals surface area contributed by atoms with Crippen LogP contribution >= 0.6 is 0 Å². The van der Waals surface area contributed by atoms with E-state index in [2.05, 4.69) is 15.4 Å². The van der Waals surface area contributed by atoms with E-state index < -0.39 is 29.4 Å². The van der Waals surface area contributed by atoms with Crippen molar-refractivity contribution in [2.24, 2.45) is 0 Å². The molecular weight excluding hydrogens is 274 g/mol. The summed E-state index contributed by atoms with van der Waals surface area (Å²) in [7, 11) is 0. The number of aromatic hydroxyl groups is 1. The number of amides is 2. The van der Waals surface area contributed by atoms with Crippen molar-refractivity contribution < 1.29 is 28.2 Å². The fourth-order valence-corrected chi connectivity index (χ4v) is 1.32. The second-order valence-corrected chi connectivity index (χ2v) is 3.72. The van der Waals surface area contributed by atoms with Crippen LogP contribution < -0.4 is 10.6 Å². The van der Waals surface area contributed by atoms with Gasteiger partial charge in [-0.15, -0.1) is 0 Å². The number of rotatable bonds is 5. The van der Waals surface area contributed by atoms with Crippen molar-refractivity contribution >= 4 is 17.7 Å². The van der Waals surface area contributed by atoms with Gasteiger partial charge >= 0.3 is 12.0 Å². The van der Waals surface area contributed by atoms with Crippen LogP contribution in [0.5, 0.6) is 5.75 Å². The molecule has 0 aliphatic carbocycles. The molecule has 8 heteroatoms. The zero-order chi connectivity index (χ0) is 15.1. The highest BCUT2D eigenvalue weighted by atomic mass is 19.1. The quantitative estimate of drug-likeness (QED) is 0.569. The molecule has 1 aromatic rings. The van der Waals surface area contributed by atoms with Gasteiger partial charge in [-0.25, -0.2) is 13.6 Å². The Balaban J connectivity index is 2.45. The minimum atomic E-state index is -1.19. The molecule has 0 unspecified atom stereocenters. The van der Waals surface area contributed by atoms with E-state index in [0.717, 1.165) is 12.1 Å². The van der Waals surface area contributed by atoms with Crippen LogP contribution in [0.4, 0.5) is 19.3 Å². The summed E-state index contributed by atoms with van der Waals surface area (Å²) in [5.74, 6) is -3.95. The lowest BCUT2D eigenvalue weighted by Crippen LogP contribution is -2.31. The molecule has 0 aliphatic rings. The van der Waals surface area contributed by atoms with Crippen molar-refractivity contribution in [2.75, 3.05) is 18.5 Å². The van der Waals surface area contributed by atoms with Gasteiger partial charge in [0.05, 0.1) is 13.0 Å². The first kappa shape index (κ1) is 15.7. The van der Waals surface area contributed by atoms with E-state index in [1.54, 1.807) is 6.92 Å². The number of esters is 1. The van der Waals surface area contributed by atoms with Crippen molar-refractivity contribution in [3.05, 3.63) is 23.8 Å². The van der Waals surface area contributed by atoms with Gasteiger partial charge in [-0.1, -0.05) is 0 Å². The van der Waals surface area contributed by atoms with Gasteiger partial charge in [0.15, 0.2) is 17.4 Å². The number of carbonyl (C=O) groups is 2. The number of phenols is 1. The molecule has 0 aromatic heterocycles. The molecule has 1 rings (SSSR count). The van der Waals surface area contributed by atoms with Crippen LogP contribution in [0.15, 0.2) is 12.1 Å². The number of urea groups is 1. The van der Waals surface area contributed by atoms with Gasteiger partial charge in [0.25, 0.3) is 0 Å².